The molecule has 0 amide bonds. The van der Waals surface area contributed by atoms with Crippen molar-refractivity contribution in [2.24, 2.45) is 5.73 Å². The Labute approximate surface area is 72.2 Å². The second-order valence-electron chi connectivity index (χ2n) is 2.77. The third-order valence-corrected chi connectivity index (χ3v) is 1.65. The zero-order chi connectivity index (χ0) is 8.81. The van der Waals surface area contributed by atoms with Crippen LogP contribution in [0.4, 0.5) is 0 Å². The van der Waals surface area contributed by atoms with Gasteiger partial charge in [0, 0.05) is 25.3 Å². The summed E-state index contributed by atoms with van der Waals surface area (Å²) in [6.45, 7) is 3.50. The van der Waals surface area contributed by atoms with E-state index in [-0.39, 0.29) is 0 Å². The summed E-state index contributed by atoms with van der Waals surface area (Å²) in [5, 5.41) is 10.7. The molecule has 1 aromatic rings. The summed E-state index contributed by atoms with van der Waals surface area (Å²) in [5.41, 5.74) is 6.58. The Morgan fingerprint density at radius 1 is 1.58 bits per heavy atom. The van der Waals surface area contributed by atoms with Crippen molar-refractivity contribution < 1.29 is 0 Å². The van der Waals surface area contributed by atoms with E-state index in [2.05, 4.69) is 22.4 Å². The summed E-state index contributed by atoms with van der Waals surface area (Å²) in [5.74, 6) is 0. The quantitative estimate of drug-likeness (QED) is 0.656. The molecule has 12 heavy (non-hydrogen) atoms. The molecule has 0 fully saturated rings. The fourth-order valence-electron chi connectivity index (χ4n) is 0.798. The van der Waals surface area contributed by atoms with E-state index in [0.29, 0.717) is 12.6 Å². The van der Waals surface area contributed by atoms with Crippen LogP contribution in [0.25, 0.3) is 0 Å². The lowest BCUT2D eigenvalue weighted by atomic mass is 10.3. The van der Waals surface area contributed by atoms with Crippen LogP contribution in [-0.4, -0.2) is 22.8 Å². The summed E-state index contributed by atoms with van der Waals surface area (Å²) >= 11 is 0. The van der Waals surface area contributed by atoms with Crippen LogP contribution < -0.4 is 11.1 Å². The second kappa shape index (κ2) is 4.79. The Bertz CT molecular complexity index is 212. The Kier molecular flexibility index (Phi) is 3.63. The Morgan fingerprint density at radius 3 is 3.00 bits per heavy atom. The largest absolute Gasteiger partial charge is 0.329 e. The van der Waals surface area contributed by atoms with Gasteiger partial charge in [-0.1, -0.05) is 0 Å². The van der Waals surface area contributed by atoms with Gasteiger partial charge in [-0.2, -0.15) is 10.2 Å². The van der Waals surface area contributed by atoms with Crippen LogP contribution in [0.3, 0.4) is 0 Å². The molecule has 3 N–H and O–H groups in total. The maximum absolute atomic E-state index is 5.45. The number of aromatic nitrogens is 2. The van der Waals surface area contributed by atoms with E-state index in [1.165, 1.54) is 0 Å². The minimum Gasteiger partial charge on any atom is -0.329 e. The summed E-state index contributed by atoms with van der Waals surface area (Å²) in [4.78, 5) is 0. The molecule has 1 atom stereocenters. The summed E-state index contributed by atoms with van der Waals surface area (Å²) in [6.07, 6.45) is 3.43. The highest BCUT2D eigenvalue weighted by atomic mass is 15.1. The molecular weight excluding hydrogens is 152 g/mol. The van der Waals surface area contributed by atoms with E-state index in [9.17, 15) is 0 Å². The maximum Gasteiger partial charge on any atom is 0.0541 e. The lowest BCUT2D eigenvalue weighted by Gasteiger charge is -2.09. The van der Waals surface area contributed by atoms with Gasteiger partial charge in [0.05, 0.1) is 6.20 Å². The minimum absolute atomic E-state index is 0.346. The summed E-state index contributed by atoms with van der Waals surface area (Å²) in [6, 6.07) is 2.28. The summed E-state index contributed by atoms with van der Waals surface area (Å²) < 4.78 is 0. The first-order valence-electron chi connectivity index (χ1n) is 4.02. The topological polar surface area (TPSA) is 63.8 Å². The predicted octanol–water partition coefficient (Wildman–Crippen LogP) is -0.0866. The van der Waals surface area contributed by atoms with E-state index in [1.807, 2.05) is 6.07 Å². The molecular formula is C8H14N4. The van der Waals surface area contributed by atoms with Crippen molar-refractivity contribution in [1.29, 1.82) is 0 Å². The minimum atomic E-state index is 0.346. The van der Waals surface area contributed by atoms with Gasteiger partial charge >= 0.3 is 0 Å². The van der Waals surface area contributed by atoms with E-state index < -0.39 is 0 Å². The Morgan fingerprint density at radius 2 is 2.42 bits per heavy atom. The van der Waals surface area contributed by atoms with Gasteiger partial charge in [0.1, 0.15) is 0 Å². The molecule has 1 aromatic heterocycles. The van der Waals surface area contributed by atoms with Crippen LogP contribution >= 0.6 is 0 Å². The zero-order valence-electron chi connectivity index (χ0n) is 7.20. The van der Waals surface area contributed by atoms with Crippen molar-refractivity contribution in [1.82, 2.24) is 15.5 Å². The second-order valence-corrected chi connectivity index (χ2v) is 2.77. The zero-order valence-corrected chi connectivity index (χ0v) is 7.20. The third-order valence-electron chi connectivity index (χ3n) is 1.65. The molecule has 0 aliphatic carbocycles. The van der Waals surface area contributed by atoms with Gasteiger partial charge in [-0.3, -0.25) is 0 Å². The first kappa shape index (κ1) is 9.09. The first-order valence-corrected chi connectivity index (χ1v) is 4.02. The SMILES string of the molecule is C[C@H](CN)NCc1ccnnc1. The van der Waals surface area contributed by atoms with Crippen LogP contribution in [0, 0.1) is 0 Å². The lowest BCUT2D eigenvalue weighted by Crippen LogP contribution is -2.32. The standard InChI is InChI=1S/C8H14N4/c1-7(4-9)10-5-8-2-3-11-12-6-8/h2-3,6-7,10H,4-5,9H2,1H3/t7-/m1/s1. The number of nitrogens with one attached hydrogen (secondary N) is 1. The van der Waals surface area contributed by atoms with Crippen LogP contribution in [0.5, 0.6) is 0 Å². The highest BCUT2D eigenvalue weighted by Gasteiger charge is 1.97. The van der Waals surface area contributed by atoms with Gasteiger partial charge in [-0.25, -0.2) is 0 Å². The van der Waals surface area contributed by atoms with Crippen LogP contribution in [0.1, 0.15) is 12.5 Å². The molecule has 0 spiro atoms. The van der Waals surface area contributed by atoms with Gasteiger partial charge in [-0.05, 0) is 18.6 Å². The first-order chi connectivity index (χ1) is 5.83. The molecule has 4 heteroatoms. The van der Waals surface area contributed by atoms with Gasteiger partial charge in [-0.15, -0.1) is 0 Å². The number of hydrogen-bond acceptors (Lipinski definition) is 4. The predicted molar refractivity (Wildman–Crippen MR) is 47.4 cm³/mol. The van der Waals surface area contributed by atoms with Crippen molar-refractivity contribution in [2.75, 3.05) is 6.54 Å². The van der Waals surface area contributed by atoms with E-state index in [0.717, 1.165) is 12.1 Å². The fraction of sp³-hybridized carbons (Fsp3) is 0.500. The Hall–Kier alpha value is -1.00. The number of nitrogens with zero attached hydrogens (tertiary/aromatic N) is 2. The molecule has 0 saturated heterocycles. The third kappa shape index (κ3) is 2.94. The lowest BCUT2D eigenvalue weighted by molar-refractivity contribution is 0.555. The molecule has 0 aliphatic rings. The Balaban J connectivity index is 2.33. The molecule has 0 aliphatic heterocycles. The molecule has 1 rings (SSSR count). The van der Waals surface area contributed by atoms with E-state index >= 15 is 0 Å². The van der Waals surface area contributed by atoms with Gasteiger partial charge in [0.2, 0.25) is 0 Å². The maximum atomic E-state index is 5.45. The smallest absolute Gasteiger partial charge is 0.0541 e. The highest BCUT2D eigenvalue weighted by Crippen LogP contribution is 1.93. The fourth-order valence-corrected chi connectivity index (χ4v) is 0.798. The monoisotopic (exact) mass is 166 g/mol. The van der Waals surface area contributed by atoms with Gasteiger partial charge in [0.15, 0.2) is 0 Å². The van der Waals surface area contributed by atoms with Crippen molar-refractivity contribution in [2.45, 2.75) is 19.5 Å². The molecule has 0 radical (unpaired) electrons. The molecule has 0 unspecified atom stereocenters. The molecule has 4 nitrogen and oxygen atoms in total. The van der Waals surface area contributed by atoms with Crippen LogP contribution in [0.2, 0.25) is 0 Å². The molecule has 1 heterocycles. The van der Waals surface area contributed by atoms with Gasteiger partial charge in [0.25, 0.3) is 0 Å². The van der Waals surface area contributed by atoms with Crippen molar-refractivity contribution in [3.05, 3.63) is 24.0 Å². The average molecular weight is 166 g/mol. The highest BCUT2D eigenvalue weighted by molar-refractivity contribution is 5.04. The van der Waals surface area contributed by atoms with Crippen LogP contribution in [-0.2, 0) is 6.54 Å². The van der Waals surface area contributed by atoms with Crippen LogP contribution in [0.15, 0.2) is 18.5 Å². The average Bonchev–Trinajstić information content (AvgIpc) is 2.16. The summed E-state index contributed by atoms with van der Waals surface area (Å²) in [7, 11) is 0. The number of rotatable bonds is 4. The van der Waals surface area contributed by atoms with E-state index in [4.69, 9.17) is 5.73 Å². The van der Waals surface area contributed by atoms with Crippen molar-refractivity contribution in [3.63, 3.8) is 0 Å². The van der Waals surface area contributed by atoms with Crippen molar-refractivity contribution in [3.8, 4) is 0 Å². The van der Waals surface area contributed by atoms with Crippen molar-refractivity contribution >= 4 is 0 Å². The molecule has 0 bridgehead atoms. The molecule has 66 valence electrons. The number of nitrogens with two attached hydrogens (primary N) is 1. The normalized spacial score (nSPS) is 12.8. The molecule has 0 aromatic carbocycles. The number of hydrogen-bond donors (Lipinski definition) is 2. The molecule has 0 saturated carbocycles. The van der Waals surface area contributed by atoms with Gasteiger partial charge < -0.3 is 11.1 Å². The van der Waals surface area contributed by atoms with E-state index in [1.54, 1.807) is 12.4 Å².